The molecule has 2 aromatic heterocycles. The highest BCUT2D eigenvalue weighted by molar-refractivity contribution is 7.92. The summed E-state index contributed by atoms with van der Waals surface area (Å²) < 4.78 is 30.3. The number of rotatable bonds is 6. The van der Waals surface area contributed by atoms with Crippen LogP contribution in [0.25, 0.3) is 11.3 Å². The van der Waals surface area contributed by atoms with E-state index in [9.17, 15) is 13.2 Å². The molecule has 0 unspecified atom stereocenters. The molecule has 0 saturated heterocycles. The Morgan fingerprint density at radius 1 is 0.980 bits per heavy atom. The highest BCUT2D eigenvalue weighted by Crippen LogP contribution is 2.61. The highest BCUT2D eigenvalue weighted by Gasteiger charge is 2.54. The van der Waals surface area contributed by atoms with Gasteiger partial charge in [-0.2, -0.15) is 0 Å². The van der Waals surface area contributed by atoms with E-state index < -0.39 is 10.0 Å². The second kappa shape index (κ2) is 13.0. The number of aromatic nitrogens is 4. The Hall–Kier alpha value is -4.38. The molecular formula is C40H49N7O3S. The first-order valence-electron chi connectivity index (χ1n) is 18.0. The molecule has 2 fully saturated rings. The Balaban J connectivity index is 1.31. The Morgan fingerprint density at radius 2 is 1.69 bits per heavy atom. The van der Waals surface area contributed by atoms with E-state index in [1.54, 1.807) is 12.1 Å². The van der Waals surface area contributed by atoms with Gasteiger partial charge < -0.3 is 9.80 Å². The molecule has 10 nitrogen and oxygen atoms in total. The molecule has 7 rings (SSSR count). The van der Waals surface area contributed by atoms with Crippen LogP contribution in [0.2, 0.25) is 0 Å². The molecule has 2 aliphatic carbocycles. The summed E-state index contributed by atoms with van der Waals surface area (Å²) in [6.07, 6.45) is 8.71. The number of carbonyl (C=O) groups is 1. The molecule has 4 bridgehead atoms. The zero-order valence-electron chi connectivity index (χ0n) is 30.8. The lowest BCUT2D eigenvalue weighted by Gasteiger charge is -2.42. The molecule has 1 amide bonds. The molecule has 1 spiro atoms. The third-order valence-corrected chi connectivity index (χ3v) is 12.3. The minimum absolute atomic E-state index is 0.0104. The molecule has 4 aromatic rings. The number of anilines is 2. The predicted molar refractivity (Wildman–Crippen MR) is 200 cm³/mol. The highest BCUT2D eigenvalue weighted by atomic mass is 32.2. The monoisotopic (exact) mass is 707 g/mol. The zero-order chi connectivity index (χ0) is 36.3. The number of hydrogen-bond acceptors (Lipinski definition) is 8. The van der Waals surface area contributed by atoms with Gasteiger partial charge in [0.2, 0.25) is 5.95 Å². The van der Waals surface area contributed by atoms with Crippen LogP contribution < -0.4 is 9.62 Å². The van der Waals surface area contributed by atoms with Crippen LogP contribution in [-0.2, 0) is 23.0 Å². The average molecular weight is 708 g/mol. The van der Waals surface area contributed by atoms with E-state index in [1.807, 2.05) is 56.1 Å². The maximum Gasteiger partial charge on any atom is 0.264 e. The van der Waals surface area contributed by atoms with Crippen molar-refractivity contribution in [1.29, 1.82) is 0 Å². The van der Waals surface area contributed by atoms with Gasteiger partial charge in [-0.15, -0.1) is 0 Å². The second-order valence-corrected chi connectivity index (χ2v) is 18.0. The Labute approximate surface area is 302 Å². The lowest BCUT2D eigenvalue weighted by atomic mass is 9.76. The molecule has 11 heteroatoms. The van der Waals surface area contributed by atoms with Crippen LogP contribution in [0.5, 0.6) is 0 Å². The smallest absolute Gasteiger partial charge is 0.264 e. The number of amides is 1. The molecule has 3 aliphatic rings. The summed E-state index contributed by atoms with van der Waals surface area (Å²) in [5.74, 6) is 0.578. The van der Waals surface area contributed by atoms with E-state index in [2.05, 4.69) is 37.4 Å². The summed E-state index contributed by atoms with van der Waals surface area (Å²) in [5, 5.41) is 0. The van der Waals surface area contributed by atoms with Gasteiger partial charge in [0.15, 0.2) is 0 Å². The van der Waals surface area contributed by atoms with Crippen LogP contribution in [0, 0.1) is 31.6 Å². The number of benzene rings is 2. The molecule has 1 N–H and O–H groups in total. The molecule has 1 aliphatic heterocycles. The van der Waals surface area contributed by atoms with Crippen LogP contribution in [0.4, 0.5) is 11.8 Å². The minimum Gasteiger partial charge on any atom is -0.355 e. The molecule has 0 radical (unpaired) electrons. The van der Waals surface area contributed by atoms with Crippen LogP contribution in [0.3, 0.4) is 0 Å². The molecule has 2 saturated carbocycles. The Bertz CT molecular complexity index is 2080. The van der Waals surface area contributed by atoms with E-state index >= 15 is 0 Å². The third-order valence-electron chi connectivity index (χ3n) is 11.0. The van der Waals surface area contributed by atoms with Crippen LogP contribution in [0.1, 0.15) is 97.9 Å². The Kier molecular flexibility index (Phi) is 8.92. The van der Waals surface area contributed by atoms with Gasteiger partial charge in [-0.1, -0.05) is 45.0 Å². The summed E-state index contributed by atoms with van der Waals surface area (Å²) >= 11 is 0. The van der Waals surface area contributed by atoms with Gasteiger partial charge >= 0.3 is 0 Å². The standard InChI is InChI=1S/C40H49N7O3S/c1-25-10-8-11-26(2)36(25)33-19-29-14-15-30(20-39(4,5)6)47(37(48)28-12-9-13-32(18-28)51(49,50)45-38(42-29)44-33)24-34-27(3)41-23-35(43-34)46(7)31-21-40(22-31)16-17-40/h8-13,18-19,23,30-31H,14-17,20-22,24H2,1-7H3,(H,42,44,45)/t30-/m0/s1. The van der Waals surface area contributed by atoms with Crippen molar-refractivity contribution < 1.29 is 13.2 Å². The molecule has 2 aromatic carbocycles. The average Bonchev–Trinajstić information content (AvgIpc) is 3.86. The first-order chi connectivity index (χ1) is 24.1. The van der Waals surface area contributed by atoms with Gasteiger partial charge in [-0.05, 0) is 112 Å². The van der Waals surface area contributed by atoms with Crippen molar-refractivity contribution in [3.63, 3.8) is 0 Å². The molecule has 268 valence electrons. The van der Waals surface area contributed by atoms with E-state index in [-0.39, 0.29) is 34.8 Å². The number of aryl methyl sites for hydroxylation is 4. The predicted octanol–water partition coefficient (Wildman–Crippen LogP) is 7.43. The molecule has 3 heterocycles. The van der Waals surface area contributed by atoms with Crippen molar-refractivity contribution in [3.05, 3.63) is 88.5 Å². The number of fused-ring (bicyclic) bond motifs is 4. The van der Waals surface area contributed by atoms with Crippen molar-refractivity contribution in [2.24, 2.45) is 10.8 Å². The fourth-order valence-electron chi connectivity index (χ4n) is 7.86. The maximum absolute atomic E-state index is 14.7. The number of sulfonamides is 1. The molecular weight excluding hydrogens is 659 g/mol. The van der Waals surface area contributed by atoms with Crippen molar-refractivity contribution in [3.8, 4) is 11.3 Å². The second-order valence-electron chi connectivity index (χ2n) is 16.3. The van der Waals surface area contributed by atoms with Gasteiger partial charge in [0.25, 0.3) is 15.9 Å². The molecule has 1 atom stereocenters. The van der Waals surface area contributed by atoms with E-state index in [1.165, 1.54) is 37.8 Å². The van der Waals surface area contributed by atoms with Crippen LogP contribution in [0.15, 0.2) is 59.6 Å². The van der Waals surface area contributed by atoms with Crippen molar-refractivity contribution >= 4 is 27.7 Å². The van der Waals surface area contributed by atoms with Gasteiger partial charge in [0.05, 0.1) is 34.7 Å². The van der Waals surface area contributed by atoms with Gasteiger partial charge in [0, 0.05) is 36.0 Å². The summed E-state index contributed by atoms with van der Waals surface area (Å²) in [4.78, 5) is 38.2. The normalized spacial score (nSPS) is 19.7. The molecule has 51 heavy (non-hydrogen) atoms. The number of nitrogens with zero attached hydrogens (tertiary/aromatic N) is 6. The summed E-state index contributed by atoms with van der Waals surface area (Å²) in [6.45, 7) is 12.8. The van der Waals surface area contributed by atoms with Gasteiger partial charge in [-0.3, -0.25) is 9.78 Å². The zero-order valence-corrected chi connectivity index (χ0v) is 31.6. The fourth-order valence-corrected chi connectivity index (χ4v) is 8.85. The number of carbonyl (C=O) groups excluding carboxylic acids is 1. The van der Waals surface area contributed by atoms with E-state index in [0.29, 0.717) is 47.7 Å². The van der Waals surface area contributed by atoms with E-state index in [0.717, 1.165) is 33.9 Å². The van der Waals surface area contributed by atoms with Crippen molar-refractivity contribution in [2.75, 3.05) is 16.7 Å². The fraction of sp³-hybridized carbons (Fsp3) is 0.475. The quantitative estimate of drug-likeness (QED) is 0.220. The van der Waals surface area contributed by atoms with Crippen molar-refractivity contribution in [2.45, 2.75) is 110 Å². The first-order valence-corrected chi connectivity index (χ1v) is 19.5. The number of hydrogen-bond donors (Lipinski definition) is 1. The largest absolute Gasteiger partial charge is 0.355 e. The van der Waals surface area contributed by atoms with Gasteiger partial charge in [-0.25, -0.2) is 28.1 Å². The summed E-state index contributed by atoms with van der Waals surface area (Å²) in [6, 6.07) is 14.5. The summed E-state index contributed by atoms with van der Waals surface area (Å²) in [7, 11) is -2.03. The minimum atomic E-state index is -4.12. The lowest BCUT2D eigenvalue weighted by molar-refractivity contribution is 0.0591. The van der Waals surface area contributed by atoms with Crippen molar-refractivity contribution in [1.82, 2.24) is 24.8 Å². The SMILES string of the molecule is Cc1cccc(C)c1-c1cc2nc(n1)NS(=O)(=O)c1cccc(c1)C(=O)N(Cc1nc(N(C)C3CC4(CC4)C3)cnc1C)[C@H](CC(C)(C)C)CC2. The van der Waals surface area contributed by atoms with Gasteiger partial charge in [0.1, 0.15) is 5.82 Å². The maximum atomic E-state index is 14.7. The lowest BCUT2D eigenvalue weighted by Crippen LogP contribution is -2.44. The third kappa shape index (κ3) is 7.36. The van der Waals surface area contributed by atoms with Crippen LogP contribution >= 0.6 is 0 Å². The Morgan fingerprint density at radius 3 is 2.37 bits per heavy atom. The van der Waals surface area contributed by atoms with Crippen LogP contribution in [-0.4, -0.2) is 58.3 Å². The van der Waals surface area contributed by atoms with E-state index in [4.69, 9.17) is 19.9 Å². The number of nitrogens with one attached hydrogen (secondary N) is 1. The first kappa shape index (κ1) is 35.0. The topological polar surface area (TPSA) is 121 Å². The summed E-state index contributed by atoms with van der Waals surface area (Å²) in [5.41, 5.74) is 6.63.